The molecular weight excluding hydrogens is 378 g/mol. The molecule has 0 atom stereocenters. The number of benzene rings is 2. The third-order valence-electron chi connectivity index (χ3n) is 4.74. The summed E-state index contributed by atoms with van der Waals surface area (Å²) in [5.41, 5.74) is 1.55. The van der Waals surface area contributed by atoms with Gasteiger partial charge in [0.2, 0.25) is 5.91 Å². The standard InChI is InChI=1S/C21H20F2N4O2/c22-18-9-17(10-19(23)11-18)21(29)25-13-20(28)27-7-5-26(6-8-27)14-16-3-1-15(12-24)2-4-16/h1-4,9-11H,5-8,13-14H2,(H,25,29). The van der Waals surface area contributed by atoms with Gasteiger partial charge in [-0.25, -0.2) is 8.78 Å². The number of halogens is 2. The molecule has 1 aliphatic rings. The quantitative estimate of drug-likeness (QED) is 0.835. The van der Waals surface area contributed by atoms with Crippen LogP contribution >= 0.6 is 0 Å². The topological polar surface area (TPSA) is 76.4 Å². The van der Waals surface area contributed by atoms with Crippen molar-refractivity contribution in [3.8, 4) is 6.07 Å². The van der Waals surface area contributed by atoms with E-state index in [1.807, 2.05) is 12.1 Å². The van der Waals surface area contributed by atoms with Crippen LogP contribution in [0.3, 0.4) is 0 Å². The average Bonchev–Trinajstić information content (AvgIpc) is 2.72. The zero-order valence-electron chi connectivity index (χ0n) is 15.7. The molecule has 0 saturated carbocycles. The molecule has 0 radical (unpaired) electrons. The highest BCUT2D eigenvalue weighted by molar-refractivity contribution is 5.96. The lowest BCUT2D eigenvalue weighted by Crippen LogP contribution is -2.50. The highest BCUT2D eigenvalue weighted by Crippen LogP contribution is 2.11. The first kappa shape index (κ1) is 20.4. The van der Waals surface area contributed by atoms with Crippen molar-refractivity contribution < 1.29 is 18.4 Å². The van der Waals surface area contributed by atoms with Gasteiger partial charge in [-0.1, -0.05) is 12.1 Å². The number of piperazine rings is 1. The molecule has 0 unspecified atom stereocenters. The molecule has 29 heavy (non-hydrogen) atoms. The number of rotatable bonds is 5. The molecule has 0 aliphatic carbocycles. The van der Waals surface area contributed by atoms with Crippen LogP contribution in [0.5, 0.6) is 0 Å². The molecule has 1 N–H and O–H groups in total. The summed E-state index contributed by atoms with van der Waals surface area (Å²) in [6.07, 6.45) is 0. The summed E-state index contributed by atoms with van der Waals surface area (Å²) in [4.78, 5) is 28.2. The SMILES string of the molecule is N#Cc1ccc(CN2CCN(C(=O)CNC(=O)c3cc(F)cc(F)c3)CC2)cc1. The zero-order valence-corrected chi connectivity index (χ0v) is 15.7. The molecule has 150 valence electrons. The highest BCUT2D eigenvalue weighted by atomic mass is 19.1. The number of nitrogens with one attached hydrogen (secondary N) is 1. The van der Waals surface area contributed by atoms with E-state index in [2.05, 4.69) is 16.3 Å². The number of nitrogens with zero attached hydrogens (tertiary/aromatic N) is 3. The van der Waals surface area contributed by atoms with Gasteiger partial charge in [-0.2, -0.15) is 5.26 Å². The van der Waals surface area contributed by atoms with E-state index in [9.17, 15) is 18.4 Å². The number of hydrogen-bond donors (Lipinski definition) is 1. The Morgan fingerprint density at radius 3 is 2.21 bits per heavy atom. The van der Waals surface area contributed by atoms with Crippen molar-refractivity contribution in [3.05, 3.63) is 70.8 Å². The number of hydrogen-bond acceptors (Lipinski definition) is 4. The zero-order chi connectivity index (χ0) is 20.8. The Hall–Kier alpha value is -3.31. The lowest BCUT2D eigenvalue weighted by atomic mass is 10.1. The molecular formula is C21H20F2N4O2. The number of carbonyl (C=O) groups excluding carboxylic acids is 2. The molecule has 1 saturated heterocycles. The summed E-state index contributed by atoms with van der Waals surface area (Å²) in [6.45, 7) is 2.94. The summed E-state index contributed by atoms with van der Waals surface area (Å²) in [5, 5.41) is 11.2. The van der Waals surface area contributed by atoms with Crippen LogP contribution in [-0.2, 0) is 11.3 Å². The molecule has 1 aliphatic heterocycles. The van der Waals surface area contributed by atoms with Gasteiger partial charge in [0.25, 0.3) is 5.91 Å². The maximum absolute atomic E-state index is 13.2. The molecule has 3 rings (SSSR count). The van der Waals surface area contributed by atoms with Crippen LogP contribution in [-0.4, -0.2) is 54.3 Å². The van der Waals surface area contributed by atoms with Gasteiger partial charge >= 0.3 is 0 Å². The third kappa shape index (κ3) is 5.59. The predicted molar refractivity (Wildman–Crippen MR) is 102 cm³/mol. The second-order valence-electron chi connectivity index (χ2n) is 6.81. The van der Waals surface area contributed by atoms with Crippen LogP contribution < -0.4 is 5.32 Å². The Labute approximate surface area is 167 Å². The largest absolute Gasteiger partial charge is 0.343 e. The Kier molecular flexibility index (Phi) is 6.52. The van der Waals surface area contributed by atoms with Crippen LogP contribution in [0.25, 0.3) is 0 Å². The van der Waals surface area contributed by atoms with E-state index in [4.69, 9.17) is 5.26 Å². The highest BCUT2D eigenvalue weighted by Gasteiger charge is 2.21. The van der Waals surface area contributed by atoms with Gasteiger partial charge in [0.1, 0.15) is 11.6 Å². The first-order valence-electron chi connectivity index (χ1n) is 9.18. The van der Waals surface area contributed by atoms with Crippen molar-refractivity contribution in [2.24, 2.45) is 0 Å². The summed E-state index contributed by atoms with van der Waals surface area (Å²) in [7, 11) is 0. The van der Waals surface area contributed by atoms with Crippen LogP contribution in [0, 0.1) is 23.0 Å². The molecule has 1 fully saturated rings. The van der Waals surface area contributed by atoms with Gasteiger partial charge in [0, 0.05) is 44.4 Å². The van der Waals surface area contributed by atoms with E-state index in [1.54, 1.807) is 17.0 Å². The van der Waals surface area contributed by atoms with E-state index in [0.29, 0.717) is 37.8 Å². The van der Waals surface area contributed by atoms with Gasteiger partial charge in [-0.3, -0.25) is 14.5 Å². The molecule has 2 aromatic rings. The van der Waals surface area contributed by atoms with Crippen molar-refractivity contribution >= 4 is 11.8 Å². The maximum Gasteiger partial charge on any atom is 0.251 e. The average molecular weight is 398 g/mol. The molecule has 6 nitrogen and oxygen atoms in total. The maximum atomic E-state index is 13.2. The first-order valence-corrected chi connectivity index (χ1v) is 9.18. The molecule has 1 heterocycles. The number of nitriles is 1. The normalized spacial score (nSPS) is 14.3. The van der Waals surface area contributed by atoms with Crippen molar-refractivity contribution in [2.75, 3.05) is 32.7 Å². The fourth-order valence-electron chi connectivity index (χ4n) is 3.15. The predicted octanol–water partition coefficient (Wildman–Crippen LogP) is 1.91. The van der Waals surface area contributed by atoms with E-state index >= 15 is 0 Å². The summed E-state index contributed by atoms with van der Waals surface area (Å²) in [6, 6.07) is 12.0. The number of amides is 2. The monoisotopic (exact) mass is 398 g/mol. The minimum atomic E-state index is -0.847. The summed E-state index contributed by atoms with van der Waals surface area (Å²) >= 11 is 0. The fraction of sp³-hybridized carbons (Fsp3) is 0.286. The second kappa shape index (κ2) is 9.26. The molecule has 2 aromatic carbocycles. The van der Waals surface area contributed by atoms with Crippen molar-refractivity contribution in [2.45, 2.75) is 6.54 Å². The molecule has 2 amide bonds. The van der Waals surface area contributed by atoms with Crippen molar-refractivity contribution in [1.82, 2.24) is 15.1 Å². The molecule has 0 spiro atoms. The van der Waals surface area contributed by atoms with Crippen molar-refractivity contribution in [1.29, 1.82) is 5.26 Å². The fourth-order valence-corrected chi connectivity index (χ4v) is 3.15. The molecule has 0 bridgehead atoms. The van der Waals surface area contributed by atoms with Gasteiger partial charge in [-0.05, 0) is 29.8 Å². The van der Waals surface area contributed by atoms with Gasteiger partial charge < -0.3 is 10.2 Å². The van der Waals surface area contributed by atoms with E-state index in [1.165, 1.54) is 0 Å². The first-order chi connectivity index (χ1) is 13.9. The Bertz CT molecular complexity index is 912. The van der Waals surface area contributed by atoms with E-state index in [-0.39, 0.29) is 18.0 Å². The third-order valence-corrected chi connectivity index (χ3v) is 4.74. The summed E-state index contributed by atoms with van der Waals surface area (Å²) < 4.78 is 26.4. The van der Waals surface area contributed by atoms with Crippen LogP contribution in [0.4, 0.5) is 8.78 Å². The summed E-state index contributed by atoms with van der Waals surface area (Å²) in [5.74, 6) is -2.64. The lowest BCUT2D eigenvalue weighted by Gasteiger charge is -2.34. The minimum absolute atomic E-state index is 0.164. The van der Waals surface area contributed by atoms with Crippen LogP contribution in [0.1, 0.15) is 21.5 Å². The Balaban J connectivity index is 1.44. The minimum Gasteiger partial charge on any atom is -0.343 e. The lowest BCUT2D eigenvalue weighted by molar-refractivity contribution is -0.131. The molecule has 8 heteroatoms. The van der Waals surface area contributed by atoms with E-state index in [0.717, 1.165) is 24.2 Å². The molecule has 0 aromatic heterocycles. The van der Waals surface area contributed by atoms with Crippen LogP contribution in [0.15, 0.2) is 42.5 Å². The Morgan fingerprint density at radius 2 is 1.62 bits per heavy atom. The second-order valence-corrected chi connectivity index (χ2v) is 6.81. The van der Waals surface area contributed by atoms with Crippen molar-refractivity contribution in [3.63, 3.8) is 0 Å². The Morgan fingerprint density at radius 1 is 1.00 bits per heavy atom. The smallest absolute Gasteiger partial charge is 0.251 e. The van der Waals surface area contributed by atoms with Gasteiger partial charge in [0.15, 0.2) is 0 Å². The van der Waals surface area contributed by atoms with E-state index < -0.39 is 17.5 Å². The van der Waals surface area contributed by atoms with Crippen LogP contribution in [0.2, 0.25) is 0 Å². The van der Waals surface area contributed by atoms with Gasteiger partial charge in [0.05, 0.1) is 18.2 Å². The van der Waals surface area contributed by atoms with Gasteiger partial charge in [-0.15, -0.1) is 0 Å². The number of carbonyl (C=O) groups is 2.